The van der Waals surface area contributed by atoms with E-state index >= 15 is 0 Å². The predicted octanol–water partition coefficient (Wildman–Crippen LogP) is 6.92. The molecule has 0 bridgehead atoms. The van der Waals surface area contributed by atoms with Crippen molar-refractivity contribution in [2.24, 2.45) is 0 Å². The average molecular weight is 602 g/mol. The van der Waals surface area contributed by atoms with Crippen LogP contribution in [0.15, 0.2) is 74.5 Å². The number of aromatic amines is 1. The summed E-state index contributed by atoms with van der Waals surface area (Å²) in [7, 11) is 0. The zero-order valence-corrected chi connectivity index (χ0v) is 22.4. The number of amides is 1. The number of alkyl carbamates (subject to hydrolysis) is 1. The lowest BCUT2D eigenvalue weighted by Gasteiger charge is -2.19. The minimum absolute atomic E-state index is 0.0166. The van der Waals surface area contributed by atoms with Crippen LogP contribution in [0, 0.1) is 0 Å². The van der Waals surface area contributed by atoms with Crippen LogP contribution in [0.25, 0.3) is 22.6 Å². The number of ether oxygens (including phenoxy) is 2. The first kappa shape index (κ1) is 31.8. The Bertz CT molecular complexity index is 1530. The zero-order valence-electron chi connectivity index (χ0n) is 22.4. The number of hydrogen-bond donors (Lipinski definition) is 2. The fraction of sp³-hybridized carbons (Fsp3) is 0.296. The first-order chi connectivity index (χ1) is 19.5. The summed E-state index contributed by atoms with van der Waals surface area (Å²) in [5, 5.41) is 8.01. The van der Waals surface area contributed by atoms with Crippen LogP contribution < -0.4 is 15.6 Å². The Morgan fingerprint density at radius 1 is 0.881 bits per heavy atom. The van der Waals surface area contributed by atoms with Crippen molar-refractivity contribution in [2.75, 3.05) is 13.2 Å². The van der Waals surface area contributed by atoms with E-state index in [-0.39, 0.29) is 41.7 Å². The number of rotatable bonds is 6. The van der Waals surface area contributed by atoms with Gasteiger partial charge in [0.05, 0.1) is 23.7 Å². The minimum atomic E-state index is -4.51. The molecule has 0 atom stereocenters. The molecule has 0 unspecified atom stereocenters. The number of benzene rings is 2. The van der Waals surface area contributed by atoms with Crippen LogP contribution in [0.2, 0.25) is 0 Å². The Kier molecular flexibility index (Phi) is 9.75. The lowest BCUT2D eigenvalue weighted by molar-refractivity contribution is -0.138. The SMILES string of the molecule is CC(C)(C)OC(=O)NCCOc1cc(-c2ccccc2C(F)(F)F)on1.O=c1cc(-c2ccccc2C(F)(F)F)o[nH]1. The molecule has 42 heavy (non-hydrogen) atoms. The molecule has 4 aromatic rings. The highest BCUT2D eigenvalue weighted by Crippen LogP contribution is 2.38. The van der Waals surface area contributed by atoms with Gasteiger partial charge in [-0.2, -0.15) is 31.5 Å². The van der Waals surface area contributed by atoms with Gasteiger partial charge in [-0.25, -0.2) is 4.79 Å². The van der Waals surface area contributed by atoms with Crippen LogP contribution >= 0.6 is 0 Å². The Morgan fingerprint density at radius 3 is 1.93 bits per heavy atom. The summed E-state index contributed by atoms with van der Waals surface area (Å²) in [5.74, 6) is -0.172. The second-order valence-corrected chi connectivity index (χ2v) is 9.47. The third kappa shape index (κ3) is 9.17. The molecule has 0 aliphatic carbocycles. The minimum Gasteiger partial charge on any atom is -0.474 e. The van der Waals surface area contributed by atoms with Gasteiger partial charge in [0.2, 0.25) is 0 Å². The number of carbonyl (C=O) groups excluding carboxylic acids is 1. The lowest BCUT2D eigenvalue weighted by Crippen LogP contribution is -2.34. The van der Waals surface area contributed by atoms with E-state index in [4.69, 9.17) is 14.0 Å². The van der Waals surface area contributed by atoms with E-state index in [1.165, 1.54) is 42.5 Å². The normalized spacial score (nSPS) is 11.8. The molecule has 2 N–H and O–H groups in total. The summed E-state index contributed by atoms with van der Waals surface area (Å²) in [6.45, 7) is 5.39. The van der Waals surface area contributed by atoms with Crippen molar-refractivity contribution in [1.82, 2.24) is 15.6 Å². The van der Waals surface area contributed by atoms with E-state index < -0.39 is 40.7 Å². The Morgan fingerprint density at radius 2 is 1.43 bits per heavy atom. The average Bonchev–Trinajstić information content (AvgIpc) is 3.54. The number of aromatic nitrogens is 2. The molecule has 0 radical (unpaired) electrons. The van der Waals surface area contributed by atoms with E-state index in [2.05, 4.69) is 15.0 Å². The van der Waals surface area contributed by atoms with E-state index in [0.29, 0.717) is 0 Å². The molecule has 0 aliphatic heterocycles. The molecule has 2 heterocycles. The maximum atomic E-state index is 13.0. The molecule has 2 aromatic carbocycles. The van der Waals surface area contributed by atoms with Crippen LogP contribution in [0.1, 0.15) is 31.9 Å². The largest absolute Gasteiger partial charge is 0.474 e. The van der Waals surface area contributed by atoms with E-state index in [1.807, 2.05) is 5.16 Å². The van der Waals surface area contributed by atoms with Crippen LogP contribution in [0.3, 0.4) is 0 Å². The first-order valence-corrected chi connectivity index (χ1v) is 12.1. The van der Waals surface area contributed by atoms with Crippen molar-refractivity contribution in [1.29, 1.82) is 0 Å². The second-order valence-electron chi connectivity index (χ2n) is 9.47. The molecule has 226 valence electrons. The smallest absolute Gasteiger partial charge is 0.417 e. The van der Waals surface area contributed by atoms with Gasteiger partial charge in [0.15, 0.2) is 11.5 Å². The van der Waals surface area contributed by atoms with Crippen LogP contribution in [0.4, 0.5) is 31.1 Å². The molecule has 0 saturated carbocycles. The highest BCUT2D eigenvalue weighted by molar-refractivity contribution is 5.67. The Balaban J connectivity index is 0.000000258. The van der Waals surface area contributed by atoms with Gasteiger partial charge in [0.25, 0.3) is 11.4 Å². The topological polar surface area (TPSA) is 120 Å². The van der Waals surface area contributed by atoms with Crippen LogP contribution in [-0.2, 0) is 17.1 Å². The van der Waals surface area contributed by atoms with Crippen LogP contribution in [0.5, 0.6) is 5.88 Å². The number of carbonyl (C=O) groups is 1. The van der Waals surface area contributed by atoms with Gasteiger partial charge >= 0.3 is 18.4 Å². The van der Waals surface area contributed by atoms with Crippen molar-refractivity contribution in [2.45, 2.75) is 38.7 Å². The van der Waals surface area contributed by atoms with Gasteiger partial charge in [-0.15, -0.1) is 0 Å². The number of H-pyrrole nitrogens is 1. The molecule has 0 spiro atoms. The molecule has 4 rings (SSSR count). The van der Waals surface area contributed by atoms with Crippen molar-refractivity contribution in [3.8, 4) is 28.5 Å². The fourth-order valence-corrected chi connectivity index (χ4v) is 3.38. The summed E-state index contributed by atoms with van der Waals surface area (Å²) >= 11 is 0. The van der Waals surface area contributed by atoms with Gasteiger partial charge in [0.1, 0.15) is 12.2 Å². The van der Waals surface area contributed by atoms with E-state index in [0.717, 1.165) is 18.2 Å². The molecular weight excluding hydrogens is 576 g/mol. The maximum absolute atomic E-state index is 13.0. The predicted molar refractivity (Wildman–Crippen MR) is 136 cm³/mol. The molecule has 0 saturated heterocycles. The molecule has 2 aromatic heterocycles. The van der Waals surface area contributed by atoms with Gasteiger partial charge in [-0.1, -0.05) is 36.4 Å². The molecule has 1 amide bonds. The Hall–Kier alpha value is -4.69. The van der Waals surface area contributed by atoms with Gasteiger partial charge in [0, 0.05) is 17.2 Å². The van der Waals surface area contributed by atoms with Crippen molar-refractivity contribution in [3.63, 3.8) is 0 Å². The quantitative estimate of drug-likeness (QED) is 0.182. The van der Waals surface area contributed by atoms with Crippen molar-refractivity contribution < 1.29 is 49.7 Å². The van der Waals surface area contributed by atoms with Crippen molar-refractivity contribution in [3.05, 3.63) is 82.1 Å². The molecule has 9 nitrogen and oxygen atoms in total. The highest BCUT2D eigenvalue weighted by atomic mass is 19.4. The zero-order chi connectivity index (χ0) is 31.1. The summed E-state index contributed by atoms with van der Waals surface area (Å²) in [6.07, 6.45) is -9.59. The number of alkyl halides is 6. The summed E-state index contributed by atoms with van der Waals surface area (Å²) in [6, 6.07) is 12.1. The van der Waals surface area contributed by atoms with E-state index in [1.54, 1.807) is 20.8 Å². The number of nitrogens with one attached hydrogen (secondary N) is 2. The second kappa shape index (κ2) is 12.9. The van der Waals surface area contributed by atoms with Gasteiger partial charge in [-0.3, -0.25) is 4.79 Å². The third-order valence-electron chi connectivity index (χ3n) is 5.03. The number of hydrogen-bond acceptors (Lipinski definition) is 7. The Labute approximate surface area is 234 Å². The summed E-state index contributed by atoms with van der Waals surface area (Å²) < 4.78 is 96.8. The van der Waals surface area contributed by atoms with Gasteiger partial charge in [-0.05, 0) is 38.1 Å². The van der Waals surface area contributed by atoms with Crippen molar-refractivity contribution >= 4 is 6.09 Å². The molecule has 0 fully saturated rings. The monoisotopic (exact) mass is 601 g/mol. The van der Waals surface area contributed by atoms with Crippen LogP contribution in [-0.4, -0.2) is 35.2 Å². The summed E-state index contributed by atoms with van der Waals surface area (Å²) in [5.41, 5.74) is -3.14. The maximum Gasteiger partial charge on any atom is 0.417 e. The molecular formula is C27H25F6N3O6. The van der Waals surface area contributed by atoms with Gasteiger partial charge < -0.3 is 23.8 Å². The summed E-state index contributed by atoms with van der Waals surface area (Å²) in [4.78, 5) is 22.3. The lowest BCUT2D eigenvalue weighted by atomic mass is 10.1. The number of halogens is 6. The first-order valence-electron chi connectivity index (χ1n) is 12.1. The number of nitrogens with zero attached hydrogens (tertiary/aromatic N) is 1. The fourth-order valence-electron chi connectivity index (χ4n) is 3.38. The molecule has 15 heteroatoms. The van der Waals surface area contributed by atoms with E-state index in [9.17, 15) is 35.9 Å². The molecule has 0 aliphatic rings. The third-order valence-corrected chi connectivity index (χ3v) is 5.03. The standard InChI is InChI=1S/C17H19F3N2O4.C10H6F3NO2/c1-16(2,3)25-15(23)21-8-9-24-14-10-13(26-22-14)11-6-4-5-7-12(11)17(18,19)20;11-10(12,13)7-4-2-1-3-6(7)8-5-9(15)14-16-8/h4-7,10H,8-9H2,1-3H3,(H,21,23);1-5H,(H,14,15). The highest BCUT2D eigenvalue weighted by Gasteiger charge is 2.35.